The molecular weight excluding hydrogens is 357 g/mol. The number of carbonyl (C=O) groups is 2. The first-order chi connectivity index (χ1) is 13.5. The van der Waals surface area contributed by atoms with Gasteiger partial charge in [0, 0.05) is 41.4 Å². The summed E-state index contributed by atoms with van der Waals surface area (Å²) in [5, 5.41) is 6.43. The molecule has 1 aliphatic heterocycles. The van der Waals surface area contributed by atoms with Crippen molar-refractivity contribution in [2.45, 2.75) is 19.3 Å². The highest BCUT2D eigenvalue weighted by molar-refractivity contribution is 6.07. The second-order valence-electron chi connectivity index (χ2n) is 6.80. The molecular formula is C22H18FN3O2. The standard InChI is InChI=1S/C22H18FN3O2/c1-13-8-20-15(5-3-7-24-20)10-19(13)26-22(28)18-12-25-21(27)11-17(18)14-4-2-6-16(23)9-14/h2-10,12,17H,11H2,1H3,(H,25,27)(H,26,28)/t17-/m0/s1. The van der Waals surface area contributed by atoms with Crippen LogP contribution in [0.1, 0.15) is 23.5 Å². The molecule has 2 N–H and O–H groups in total. The van der Waals surface area contributed by atoms with Gasteiger partial charge in [0.15, 0.2) is 0 Å². The number of rotatable bonds is 3. The Morgan fingerprint density at radius 1 is 1.21 bits per heavy atom. The van der Waals surface area contributed by atoms with E-state index in [0.29, 0.717) is 16.8 Å². The lowest BCUT2D eigenvalue weighted by Crippen LogP contribution is -2.32. The van der Waals surface area contributed by atoms with Crippen LogP contribution in [0.2, 0.25) is 0 Å². The summed E-state index contributed by atoms with van der Waals surface area (Å²) in [7, 11) is 0. The first-order valence-electron chi connectivity index (χ1n) is 8.93. The number of anilines is 1. The predicted octanol–water partition coefficient (Wildman–Crippen LogP) is 3.81. The second-order valence-corrected chi connectivity index (χ2v) is 6.80. The van der Waals surface area contributed by atoms with E-state index in [4.69, 9.17) is 0 Å². The maximum atomic E-state index is 13.7. The number of nitrogens with one attached hydrogen (secondary N) is 2. The smallest absolute Gasteiger partial charge is 0.253 e. The molecule has 0 aliphatic carbocycles. The number of nitrogens with zero attached hydrogens (tertiary/aromatic N) is 1. The monoisotopic (exact) mass is 375 g/mol. The van der Waals surface area contributed by atoms with Crippen molar-refractivity contribution in [1.29, 1.82) is 0 Å². The van der Waals surface area contributed by atoms with Crippen molar-refractivity contribution in [1.82, 2.24) is 10.3 Å². The van der Waals surface area contributed by atoms with Gasteiger partial charge in [-0.25, -0.2) is 4.39 Å². The number of amides is 2. The molecule has 6 heteroatoms. The quantitative estimate of drug-likeness (QED) is 0.731. The minimum absolute atomic E-state index is 0.0866. The van der Waals surface area contributed by atoms with Crippen LogP contribution < -0.4 is 10.6 Å². The molecule has 4 rings (SSSR count). The molecule has 5 nitrogen and oxygen atoms in total. The minimum atomic E-state index is -0.508. The highest BCUT2D eigenvalue weighted by Crippen LogP contribution is 2.32. The molecule has 2 aromatic carbocycles. The molecule has 0 radical (unpaired) electrons. The normalized spacial score (nSPS) is 16.4. The first kappa shape index (κ1) is 17.9. The van der Waals surface area contributed by atoms with Gasteiger partial charge in [-0.1, -0.05) is 18.2 Å². The molecule has 0 saturated carbocycles. The predicted molar refractivity (Wildman–Crippen MR) is 105 cm³/mol. The van der Waals surface area contributed by atoms with Gasteiger partial charge in [-0.05, 0) is 48.4 Å². The zero-order valence-corrected chi connectivity index (χ0v) is 15.2. The highest BCUT2D eigenvalue weighted by Gasteiger charge is 2.29. The number of fused-ring (bicyclic) bond motifs is 1. The molecule has 140 valence electrons. The zero-order valence-electron chi connectivity index (χ0n) is 15.2. The van der Waals surface area contributed by atoms with E-state index in [0.717, 1.165) is 16.5 Å². The van der Waals surface area contributed by atoms with E-state index in [1.807, 2.05) is 31.2 Å². The minimum Gasteiger partial charge on any atom is -0.332 e. The van der Waals surface area contributed by atoms with E-state index >= 15 is 0 Å². The van der Waals surface area contributed by atoms with E-state index in [1.165, 1.54) is 18.3 Å². The summed E-state index contributed by atoms with van der Waals surface area (Å²) in [5.41, 5.74) is 3.37. The molecule has 2 heterocycles. The van der Waals surface area contributed by atoms with Crippen molar-refractivity contribution in [3.63, 3.8) is 0 Å². The van der Waals surface area contributed by atoms with Crippen LogP contribution in [0, 0.1) is 12.7 Å². The number of pyridine rings is 1. The average molecular weight is 375 g/mol. The fourth-order valence-corrected chi connectivity index (χ4v) is 3.41. The van der Waals surface area contributed by atoms with Crippen LogP contribution in [-0.4, -0.2) is 16.8 Å². The van der Waals surface area contributed by atoms with Crippen LogP contribution in [0.25, 0.3) is 10.9 Å². The van der Waals surface area contributed by atoms with E-state index in [2.05, 4.69) is 15.6 Å². The first-order valence-corrected chi connectivity index (χ1v) is 8.93. The number of carbonyl (C=O) groups excluding carboxylic acids is 2. The van der Waals surface area contributed by atoms with Crippen LogP contribution in [0.3, 0.4) is 0 Å². The number of benzene rings is 2. The molecule has 28 heavy (non-hydrogen) atoms. The van der Waals surface area contributed by atoms with Gasteiger partial charge in [-0.2, -0.15) is 0 Å². The van der Waals surface area contributed by atoms with Gasteiger partial charge < -0.3 is 10.6 Å². The summed E-state index contributed by atoms with van der Waals surface area (Å²) in [6.45, 7) is 1.89. The van der Waals surface area contributed by atoms with Crippen molar-refractivity contribution in [2.24, 2.45) is 0 Å². The SMILES string of the molecule is Cc1cc2ncccc2cc1NC(=O)C1=CNC(=O)C[C@H]1c1cccc(F)c1. The molecule has 0 bridgehead atoms. The molecule has 1 aromatic heterocycles. The average Bonchev–Trinajstić information content (AvgIpc) is 2.68. The van der Waals surface area contributed by atoms with Crippen LogP contribution in [-0.2, 0) is 9.59 Å². The van der Waals surface area contributed by atoms with Crippen LogP contribution in [0.5, 0.6) is 0 Å². The van der Waals surface area contributed by atoms with Crippen LogP contribution in [0.15, 0.2) is 66.5 Å². The third-order valence-corrected chi connectivity index (χ3v) is 4.86. The highest BCUT2D eigenvalue weighted by atomic mass is 19.1. The number of aryl methyl sites for hydroxylation is 1. The Hall–Kier alpha value is -3.54. The number of hydrogen-bond acceptors (Lipinski definition) is 3. The fraction of sp³-hybridized carbons (Fsp3) is 0.136. The van der Waals surface area contributed by atoms with E-state index < -0.39 is 11.7 Å². The second kappa shape index (κ2) is 7.23. The summed E-state index contributed by atoms with van der Waals surface area (Å²) in [6, 6.07) is 13.5. The molecule has 0 spiro atoms. The molecule has 3 aromatic rings. The molecule has 1 aliphatic rings. The Balaban J connectivity index is 1.66. The Bertz CT molecular complexity index is 1120. The van der Waals surface area contributed by atoms with Gasteiger partial charge in [0.1, 0.15) is 5.82 Å². The molecule has 0 fully saturated rings. The van der Waals surface area contributed by atoms with Gasteiger partial charge >= 0.3 is 0 Å². The van der Waals surface area contributed by atoms with Gasteiger partial charge in [0.2, 0.25) is 5.91 Å². The van der Waals surface area contributed by atoms with Gasteiger partial charge in [0.05, 0.1) is 5.52 Å². The Kier molecular flexibility index (Phi) is 4.61. The Labute approximate surface area is 161 Å². The van der Waals surface area contributed by atoms with E-state index in [1.54, 1.807) is 18.3 Å². The number of halogens is 1. The lowest BCUT2D eigenvalue weighted by molar-refractivity contribution is -0.121. The largest absolute Gasteiger partial charge is 0.332 e. The fourth-order valence-electron chi connectivity index (χ4n) is 3.41. The summed E-state index contributed by atoms with van der Waals surface area (Å²) in [6.07, 6.45) is 3.22. The summed E-state index contributed by atoms with van der Waals surface area (Å²) in [4.78, 5) is 29.2. The molecule has 1 atom stereocenters. The summed E-state index contributed by atoms with van der Waals surface area (Å²) in [5.74, 6) is -1.45. The maximum absolute atomic E-state index is 13.7. The zero-order chi connectivity index (χ0) is 19.7. The van der Waals surface area contributed by atoms with Crippen molar-refractivity contribution >= 4 is 28.4 Å². The van der Waals surface area contributed by atoms with Crippen molar-refractivity contribution in [2.75, 3.05) is 5.32 Å². The molecule has 0 saturated heterocycles. The van der Waals surface area contributed by atoms with E-state index in [-0.39, 0.29) is 18.2 Å². The van der Waals surface area contributed by atoms with Crippen molar-refractivity contribution in [3.05, 3.63) is 83.4 Å². The van der Waals surface area contributed by atoms with Gasteiger partial charge in [0.25, 0.3) is 5.91 Å². The molecule has 0 unspecified atom stereocenters. The topological polar surface area (TPSA) is 71.1 Å². The summed E-state index contributed by atoms with van der Waals surface area (Å²) < 4.78 is 13.7. The third kappa shape index (κ3) is 3.49. The van der Waals surface area contributed by atoms with Gasteiger partial charge in [-0.3, -0.25) is 14.6 Å². The van der Waals surface area contributed by atoms with Crippen LogP contribution >= 0.6 is 0 Å². The number of hydrogen-bond donors (Lipinski definition) is 2. The number of aromatic nitrogens is 1. The van der Waals surface area contributed by atoms with Crippen LogP contribution in [0.4, 0.5) is 10.1 Å². The third-order valence-electron chi connectivity index (χ3n) is 4.86. The lowest BCUT2D eigenvalue weighted by atomic mass is 9.86. The molecule has 2 amide bonds. The van der Waals surface area contributed by atoms with E-state index in [9.17, 15) is 14.0 Å². The summed E-state index contributed by atoms with van der Waals surface area (Å²) >= 11 is 0. The van der Waals surface area contributed by atoms with Crippen molar-refractivity contribution in [3.8, 4) is 0 Å². The lowest BCUT2D eigenvalue weighted by Gasteiger charge is -2.24. The Morgan fingerprint density at radius 2 is 2.07 bits per heavy atom. The Morgan fingerprint density at radius 3 is 2.89 bits per heavy atom. The maximum Gasteiger partial charge on any atom is 0.253 e. The van der Waals surface area contributed by atoms with Crippen molar-refractivity contribution < 1.29 is 14.0 Å². The van der Waals surface area contributed by atoms with Gasteiger partial charge in [-0.15, -0.1) is 0 Å².